The van der Waals surface area contributed by atoms with E-state index in [2.05, 4.69) is 40.7 Å². The molecule has 0 aliphatic heterocycles. The summed E-state index contributed by atoms with van der Waals surface area (Å²) in [4.78, 5) is 0. The van der Waals surface area contributed by atoms with Crippen LogP contribution in [-0.4, -0.2) is 19.6 Å². The molecule has 0 aromatic carbocycles. The number of aliphatic hydroxyl groups is 1. The molecule has 0 saturated heterocycles. The molecule has 0 radical (unpaired) electrons. The van der Waals surface area contributed by atoms with Crippen LogP contribution in [0.1, 0.15) is 60.3 Å². The van der Waals surface area contributed by atoms with Gasteiger partial charge >= 0.3 is 135 Å². The third kappa shape index (κ3) is 3.02. The fourth-order valence-corrected chi connectivity index (χ4v) is 8.63. The molecule has 2 nitrogen and oxygen atoms in total. The molecule has 3 heteroatoms. The molecule has 3 atom stereocenters. The van der Waals surface area contributed by atoms with Gasteiger partial charge in [0.2, 0.25) is 0 Å². The van der Waals surface area contributed by atoms with Crippen LogP contribution in [0.3, 0.4) is 0 Å². The van der Waals surface area contributed by atoms with E-state index in [0.29, 0.717) is 15.3 Å². The summed E-state index contributed by atoms with van der Waals surface area (Å²) in [5, 5.41) is 19.1. The standard InChI is InChI=1S/C17H29INO/c1-12(15(3,4)11-20)14(16(5)6-7-16)18-13(2)17(10-19)8-9-17/h12-14,20H,6-9,11H2,1-5H3/q-1/t12-,13-,14+/m0/s1. The molecule has 2 saturated carbocycles. The Kier molecular flexibility index (Phi) is 4.49. The molecule has 2 aliphatic carbocycles. The van der Waals surface area contributed by atoms with Gasteiger partial charge in [-0.1, -0.05) is 0 Å². The van der Waals surface area contributed by atoms with Crippen molar-refractivity contribution in [3.8, 4) is 6.07 Å². The normalized spacial score (nSPS) is 27.4. The Bertz CT molecular complexity index is 404. The molecule has 2 aliphatic rings. The third-order valence-electron chi connectivity index (χ3n) is 5.88. The Balaban J connectivity index is 2.12. The predicted octanol–water partition coefficient (Wildman–Crippen LogP) is 0.591. The van der Waals surface area contributed by atoms with Crippen LogP contribution in [0.5, 0.6) is 0 Å². The van der Waals surface area contributed by atoms with E-state index in [9.17, 15) is 10.4 Å². The van der Waals surface area contributed by atoms with Crippen LogP contribution in [0.2, 0.25) is 0 Å². The van der Waals surface area contributed by atoms with Gasteiger partial charge in [0, 0.05) is 0 Å². The predicted molar refractivity (Wildman–Crippen MR) is 77.9 cm³/mol. The SMILES string of the molecule is C[C@H]([I-][C@H]([C@H](C)C(C)(C)CO)C1(C)CC1)C1(C#N)CC1. The van der Waals surface area contributed by atoms with Crippen LogP contribution < -0.4 is 21.2 Å². The first-order valence-electron chi connectivity index (χ1n) is 7.85. The molecular weight excluding hydrogens is 361 g/mol. The van der Waals surface area contributed by atoms with Gasteiger partial charge < -0.3 is 0 Å². The zero-order valence-corrected chi connectivity index (χ0v) is 15.7. The molecule has 0 unspecified atom stereocenters. The first kappa shape index (κ1) is 16.5. The molecular formula is C17H29INO-. The van der Waals surface area contributed by atoms with Gasteiger partial charge in [-0.15, -0.1) is 0 Å². The van der Waals surface area contributed by atoms with Gasteiger partial charge in [0.15, 0.2) is 0 Å². The van der Waals surface area contributed by atoms with E-state index in [0.717, 1.165) is 16.8 Å². The number of alkyl halides is 2. The summed E-state index contributed by atoms with van der Waals surface area (Å²) in [6, 6.07) is 2.60. The summed E-state index contributed by atoms with van der Waals surface area (Å²) in [7, 11) is 0. The van der Waals surface area contributed by atoms with Crippen LogP contribution in [-0.2, 0) is 0 Å². The molecule has 1 N–H and O–H groups in total. The van der Waals surface area contributed by atoms with Crippen molar-refractivity contribution in [3.63, 3.8) is 0 Å². The number of rotatable bonds is 7. The first-order valence-corrected chi connectivity index (χ1v) is 10.3. The van der Waals surface area contributed by atoms with E-state index < -0.39 is 0 Å². The van der Waals surface area contributed by atoms with Gasteiger partial charge in [-0.05, 0) is 0 Å². The van der Waals surface area contributed by atoms with Crippen molar-refractivity contribution in [2.75, 3.05) is 6.61 Å². The van der Waals surface area contributed by atoms with Crippen molar-refractivity contribution in [1.29, 1.82) is 5.26 Å². The van der Waals surface area contributed by atoms with Gasteiger partial charge in [-0.25, -0.2) is 0 Å². The van der Waals surface area contributed by atoms with Crippen LogP contribution in [0.15, 0.2) is 0 Å². The molecule has 0 spiro atoms. The van der Waals surface area contributed by atoms with Gasteiger partial charge in [-0.3, -0.25) is 0 Å². The number of aliphatic hydroxyl groups excluding tert-OH is 1. The molecule has 0 heterocycles. The van der Waals surface area contributed by atoms with Crippen molar-refractivity contribution >= 4 is 0 Å². The molecule has 0 amide bonds. The fourth-order valence-electron chi connectivity index (χ4n) is 2.94. The minimum atomic E-state index is -0.0107. The topological polar surface area (TPSA) is 44.0 Å². The van der Waals surface area contributed by atoms with Crippen molar-refractivity contribution < 1.29 is 26.3 Å². The molecule has 0 aromatic heterocycles. The Morgan fingerprint density at radius 2 is 1.80 bits per heavy atom. The first-order chi connectivity index (χ1) is 9.21. The van der Waals surface area contributed by atoms with Crippen molar-refractivity contribution in [2.45, 2.75) is 68.2 Å². The Morgan fingerprint density at radius 3 is 2.15 bits per heavy atom. The maximum atomic E-state index is 9.71. The summed E-state index contributed by atoms with van der Waals surface area (Å²) in [6.45, 7) is 11.7. The maximum absolute atomic E-state index is 9.71. The Hall–Kier alpha value is 0.180. The summed E-state index contributed by atoms with van der Waals surface area (Å²) in [5.74, 6) is 0.546. The summed E-state index contributed by atoms with van der Waals surface area (Å²) < 4.78 is 1.34. The van der Waals surface area contributed by atoms with Crippen LogP contribution in [0.4, 0.5) is 0 Å². The van der Waals surface area contributed by atoms with E-state index in [1.165, 1.54) is 12.8 Å². The summed E-state index contributed by atoms with van der Waals surface area (Å²) in [5.41, 5.74) is 0.526. The average Bonchev–Trinajstić information content (AvgIpc) is 3.31. The van der Waals surface area contributed by atoms with E-state index in [-0.39, 0.29) is 38.6 Å². The molecule has 0 bridgehead atoms. The van der Waals surface area contributed by atoms with E-state index in [1.54, 1.807) is 0 Å². The Morgan fingerprint density at radius 1 is 1.25 bits per heavy atom. The van der Waals surface area contributed by atoms with Gasteiger partial charge in [0.1, 0.15) is 0 Å². The molecule has 20 heavy (non-hydrogen) atoms. The number of hydrogen-bond donors (Lipinski definition) is 1. The number of hydrogen-bond acceptors (Lipinski definition) is 2. The monoisotopic (exact) mass is 390 g/mol. The van der Waals surface area contributed by atoms with Crippen molar-refractivity contribution in [1.82, 2.24) is 0 Å². The average molecular weight is 390 g/mol. The Labute approximate surface area is 134 Å². The van der Waals surface area contributed by atoms with Gasteiger partial charge in [-0.2, -0.15) is 0 Å². The fraction of sp³-hybridized carbons (Fsp3) is 0.941. The van der Waals surface area contributed by atoms with Crippen LogP contribution in [0, 0.1) is 33.5 Å². The van der Waals surface area contributed by atoms with Crippen LogP contribution >= 0.6 is 0 Å². The van der Waals surface area contributed by atoms with E-state index >= 15 is 0 Å². The third-order valence-corrected chi connectivity index (χ3v) is 11.5. The summed E-state index contributed by atoms with van der Waals surface area (Å²) in [6.07, 6.45) is 4.92. The number of nitrogens with zero attached hydrogens (tertiary/aromatic N) is 1. The molecule has 2 fully saturated rings. The van der Waals surface area contributed by atoms with E-state index in [1.807, 2.05) is 0 Å². The molecule has 116 valence electrons. The number of halogens is 1. The van der Waals surface area contributed by atoms with Crippen LogP contribution in [0.25, 0.3) is 0 Å². The molecule has 0 aromatic rings. The second kappa shape index (κ2) is 5.43. The second-order valence-corrected chi connectivity index (χ2v) is 11.9. The van der Waals surface area contributed by atoms with Gasteiger partial charge in [0.05, 0.1) is 0 Å². The van der Waals surface area contributed by atoms with Gasteiger partial charge in [0.25, 0.3) is 0 Å². The minimum absolute atomic E-state index is 0.000928. The molecule has 2 rings (SSSR count). The quantitative estimate of drug-likeness (QED) is 0.511. The van der Waals surface area contributed by atoms with Crippen molar-refractivity contribution in [3.05, 3.63) is 0 Å². The van der Waals surface area contributed by atoms with Crippen molar-refractivity contribution in [2.24, 2.45) is 22.2 Å². The van der Waals surface area contributed by atoms with E-state index in [4.69, 9.17) is 0 Å². The zero-order chi connectivity index (χ0) is 15.2. The zero-order valence-electron chi connectivity index (χ0n) is 13.5. The number of nitriles is 1. The second-order valence-electron chi connectivity index (χ2n) is 8.00. The summed E-state index contributed by atoms with van der Waals surface area (Å²) >= 11 is -0.0107.